The Morgan fingerprint density at radius 2 is 1.52 bits per heavy atom. The molecule has 0 aliphatic rings. The minimum atomic E-state index is -0.0606. The van der Waals surface area contributed by atoms with Crippen molar-refractivity contribution in [3.63, 3.8) is 0 Å². The van der Waals surface area contributed by atoms with Crippen molar-refractivity contribution in [3.05, 3.63) is 59.5 Å². The summed E-state index contributed by atoms with van der Waals surface area (Å²) >= 11 is 0. The first-order chi connectivity index (χ1) is 15.9. The van der Waals surface area contributed by atoms with Crippen molar-refractivity contribution in [2.75, 3.05) is 6.54 Å². The van der Waals surface area contributed by atoms with E-state index in [4.69, 9.17) is 4.42 Å². The third-order valence-electron chi connectivity index (χ3n) is 5.96. The van der Waals surface area contributed by atoms with Gasteiger partial charge in [-0.15, -0.1) is 0 Å². The fourth-order valence-corrected chi connectivity index (χ4v) is 3.98. The molecule has 0 saturated heterocycles. The maximum absolute atomic E-state index is 13.3. The predicted molar refractivity (Wildman–Crippen MR) is 134 cm³/mol. The molecule has 1 aromatic heterocycles. The van der Waals surface area contributed by atoms with Gasteiger partial charge in [-0.3, -0.25) is 9.59 Å². The second-order valence-corrected chi connectivity index (χ2v) is 9.23. The quantitative estimate of drug-likeness (QED) is 0.289. The van der Waals surface area contributed by atoms with Crippen LogP contribution >= 0.6 is 0 Å². The number of carbonyl (C=O) groups is 2. The topological polar surface area (TPSA) is 53.8 Å². The summed E-state index contributed by atoms with van der Waals surface area (Å²) < 4.78 is 5.73. The predicted octanol–water partition coefficient (Wildman–Crippen LogP) is 6.49. The average molecular weight is 455 g/mol. The van der Waals surface area contributed by atoms with Crippen LogP contribution in [0.4, 0.5) is 0 Å². The Balaban J connectivity index is 1.96. The van der Waals surface area contributed by atoms with Crippen LogP contribution in [0.2, 0.25) is 0 Å². The van der Waals surface area contributed by atoms with E-state index in [9.17, 15) is 9.59 Å². The van der Waals surface area contributed by atoms with E-state index in [-0.39, 0.29) is 24.4 Å². The number of rotatable bonds is 15. The van der Waals surface area contributed by atoms with Gasteiger partial charge in [0.05, 0.1) is 13.1 Å². The second kappa shape index (κ2) is 14.6. The number of nitrogens with zero attached hydrogens (tertiary/aromatic N) is 2. The molecule has 182 valence electrons. The summed E-state index contributed by atoms with van der Waals surface area (Å²) in [6, 6.07) is 13.7. The van der Waals surface area contributed by atoms with Gasteiger partial charge < -0.3 is 14.2 Å². The van der Waals surface area contributed by atoms with Crippen LogP contribution in [-0.2, 0) is 22.7 Å². The SMILES string of the molecule is CCCCCCCCCC(=O)N(CC(=O)N(Cc1ccccc1)Cc1ccc(C)o1)C(C)C. The molecule has 0 bridgehead atoms. The summed E-state index contributed by atoms with van der Waals surface area (Å²) in [4.78, 5) is 29.8. The molecule has 0 aliphatic carbocycles. The van der Waals surface area contributed by atoms with Gasteiger partial charge in [0.1, 0.15) is 11.5 Å². The fraction of sp³-hybridized carbons (Fsp3) is 0.571. The van der Waals surface area contributed by atoms with Crippen LogP contribution in [0.5, 0.6) is 0 Å². The number of amides is 2. The van der Waals surface area contributed by atoms with Crippen molar-refractivity contribution in [2.24, 2.45) is 0 Å². The van der Waals surface area contributed by atoms with E-state index in [1.165, 1.54) is 32.1 Å². The van der Waals surface area contributed by atoms with Crippen LogP contribution in [0, 0.1) is 6.92 Å². The van der Waals surface area contributed by atoms with Gasteiger partial charge >= 0.3 is 0 Å². The molecule has 1 heterocycles. The molecule has 0 unspecified atom stereocenters. The van der Waals surface area contributed by atoms with E-state index in [1.807, 2.05) is 63.2 Å². The highest BCUT2D eigenvalue weighted by Crippen LogP contribution is 2.15. The van der Waals surface area contributed by atoms with Gasteiger partial charge in [-0.05, 0) is 44.9 Å². The third-order valence-corrected chi connectivity index (χ3v) is 5.96. The standard InChI is InChI=1S/C28H42N2O3/c1-5-6-7-8-9-10-14-17-27(31)30(23(2)3)22-28(32)29(20-25-15-12-11-13-16-25)21-26-19-18-24(4)33-26/h11-13,15-16,18-19,23H,5-10,14,17,20-22H2,1-4H3. The second-order valence-electron chi connectivity index (χ2n) is 9.23. The van der Waals surface area contributed by atoms with E-state index in [1.54, 1.807) is 9.80 Å². The van der Waals surface area contributed by atoms with Crippen LogP contribution in [0.1, 0.15) is 89.2 Å². The molecule has 33 heavy (non-hydrogen) atoms. The molecular weight excluding hydrogens is 412 g/mol. The number of furan rings is 1. The summed E-state index contributed by atoms with van der Waals surface area (Å²) in [6.07, 6.45) is 8.72. The number of carbonyl (C=O) groups excluding carboxylic acids is 2. The van der Waals surface area contributed by atoms with Crippen LogP contribution < -0.4 is 0 Å². The molecule has 0 spiro atoms. The van der Waals surface area contributed by atoms with Crippen LogP contribution in [-0.4, -0.2) is 34.2 Å². The zero-order valence-corrected chi connectivity index (χ0v) is 21.0. The van der Waals surface area contributed by atoms with E-state index in [0.717, 1.165) is 29.9 Å². The van der Waals surface area contributed by atoms with Gasteiger partial charge in [-0.25, -0.2) is 0 Å². The lowest BCUT2D eigenvalue weighted by molar-refractivity contribution is -0.143. The van der Waals surface area contributed by atoms with Crippen LogP contribution in [0.3, 0.4) is 0 Å². The molecule has 0 saturated carbocycles. The molecule has 0 fully saturated rings. The molecule has 5 heteroatoms. The highest BCUT2D eigenvalue weighted by molar-refractivity contribution is 5.85. The number of hydrogen-bond acceptors (Lipinski definition) is 3. The molecule has 0 radical (unpaired) electrons. The lowest BCUT2D eigenvalue weighted by Gasteiger charge is -2.30. The van der Waals surface area contributed by atoms with Crippen molar-refractivity contribution in [1.29, 1.82) is 0 Å². The van der Waals surface area contributed by atoms with Crippen LogP contribution in [0.25, 0.3) is 0 Å². The van der Waals surface area contributed by atoms with Crippen molar-refractivity contribution < 1.29 is 14.0 Å². The third kappa shape index (κ3) is 9.85. The Bertz CT molecular complexity index is 829. The summed E-state index contributed by atoms with van der Waals surface area (Å²) in [5.74, 6) is 1.59. The molecule has 5 nitrogen and oxygen atoms in total. The molecule has 0 aliphatic heterocycles. The Morgan fingerprint density at radius 3 is 2.12 bits per heavy atom. The Kier molecular flexibility index (Phi) is 11.8. The van der Waals surface area contributed by atoms with Gasteiger partial charge in [0.25, 0.3) is 0 Å². The average Bonchev–Trinajstić information content (AvgIpc) is 3.21. The number of benzene rings is 1. The fourth-order valence-electron chi connectivity index (χ4n) is 3.98. The normalized spacial score (nSPS) is 11.1. The first-order valence-corrected chi connectivity index (χ1v) is 12.6. The molecule has 1 aromatic carbocycles. The van der Waals surface area contributed by atoms with Gasteiger partial charge in [-0.1, -0.05) is 75.8 Å². The molecule has 2 aromatic rings. The van der Waals surface area contributed by atoms with Crippen LogP contribution in [0.15, 0.2) is 46.9 Å². The Hall–Kier alpha value is -2.56. The summed E-state index contributed by atoms with van der Waals surface area (Å²) in [6.45, 7) is 9.05. The van der Waals surface area contributed by atoms with E-state index in [0.29, 0.717) is 19.5 Å². The molecule has 0 atom stereocenters. The lowest BCUT2D eigenvalue weighted by Crippen LogP contribution is -2.45. The smallest absolute Gasteiger partial charge is 0.242 e. The lowest BCUT2D eigenvalue weighted by atomic mass is 10.1. The Labute approximate surface area is 200 Å². The van der Waals surface area contributed by atoms with E-state index >= 15 is 0 Å². The van der Waals surface area contributed by atoms with Gasteiger partial charge in [-0.2, -0.15) is 0 Å². The number of unbranched alkanes of at least 4 members (excludes halogenated alkanes) is 6. The number of aryl methyl sites for hydroxylation is 1. The van der Waals surface area contributed by atoms with Crippen molar-refractivity contribution in [3.8, 4) is 0 Å². The zero-order chi connectivity index (χ0) is 24.1. The highest BCUT2D eigenvalue weighted by atomic mass is 16.3. The molecule has 0 N–H and O–H groups in total. The minimum Gasteiger partial charge on any atom is -0.464 e. The monoisotopic (exact) mass is 454 g/mol. The van der Waals surface area contributed by atoms with Gasteiger partial charge in [0.15, 0.2) is 0 Å². The Morgan fingerprint density at radius 1 is 0.848 bits per heavy atom. The van der Waals surface area contributed by atoms with Gasteiger partial charge in [0.2, 0.25) is 11.8 Å². The number of hydrogen-bond donors (Lipinski definition) is 0. The van der Waals surface area contributed by atoms with E-state index < -0.39 is 0 Å². The minimum absolute atomic E-state index is 0.0181. The first-order valence-electron chi connectivity index (χ1n) is 12.6. The summed E-state index contributed by atoms with van der Waals surface area (Å²) in [5, 5.41) is 0. The first kappa shape index (κ1) is 26.7. The zero-order valence-electron chi connectivity index (χ0n) is 21.0. The largest absolute Gasteiger partial charge is 0.464 e. The molecular formula is C28H42N2O3. The maximum Gasteiger partial charge on any atom is 0.242 e. The highest BCUT2D eigenvalue weighted by Gasteiger charge is 2.24. The summed E-state index contributed by atoms with van der Waals surface area (Å²) in [7, 11) is 0. The molecule has 2 amide bonds. The maximum atomic E-state index is 13.3. The van der Waals surface area contributed by atoms with Crippen molar-refractivity contribution >= 4 is 11.8 Å². The molecule has 2 rings (SSSR count). The van der Waals surface area contributed by atoms with Crippen molar-refractivity contribution in [2.45, 2.75) is 98.2 Å². The van der Waals surface area contributed by atoms with Gasteiger partial charge in [0, 0.05) is 19.0 Å². The summed E-state index contributed by atoms with van der Waals surface area (Å²) in [5.41, 5.74) is 1.06. The van der Waals surface area contributed by atoms with Crippen molar-refractivity contribution in [1.82, 2.24) is 9.80 Å². The van der Waals surface area contributed by atoms with E-state index in [2.05, 4.69) is 6.92 Å².